The van der Waals surface area contributed by atoms with Gasteiger partial charge in [0.05, 0.1) is 0 Å². The highest BCUT2D eigenvalue weighted by molar-refractivity contribution is 9.10. The minimum Gasteiger partial charge on any atom is -0.370 e. The van der Waals surface area contributed by atoms with Crippen LogP contribution < -0.4 is 10.6 Å². The summed E-state index contributed by atoms with van der Waals surface area (Å²) in [6.45, 7) is 6.41. The van der Waals surface area contributed by atoms with E-state index >= 15 is 0 Å². The van der Waals surface area contributed by atoms with Crippen molar-refractivity contribution < 1.29 is 0 Å². The molecule has 0 aliphatic carbocycles. The highest BCUT2D eigenvalue weighted by Gasteiger charge is 2.25. The first-order valence-corrected chi connectivity index (χ1v) is 7.80. The van der Waals surface area contributed by atoms with Crippen LogP contribution in [-0.4, -0.2) is 44.2 Å². The molecule has 1 aromatic rings. The number of anilines is 1. The second-order valence-corrected chi connectivity index (χ2v) is 6.58. The summed E-state index contributed by atoms with van der Waals surface area (Å²) in [6.07, 6.45) is 1.06. The van der Waals surface area contributed by atoms with Gasteiger partial charge in [-0.1, -0.05) is 28.9 Å². The van der Waals surface area contributed by atoms with Crippen molar-refractivity contribution in [3.63, 3.8) is 0 Å². The Hall–Kier alpha value is -0.580. The predicted molar refractivity (Wildman–Crippen MR) is 85.6 cm³/mol. The Morgan fingerprint density at radius 1 is 1.32 bits per heavy atom. The van der Waals surface area contributed by atoms with Crippen molar-refractivity contribution in [1.82, 2.24) is 4.90 Å². The maximum absolute atomic E-state index is 5.76. The minimum absolute atomic E-state index is 0.550. The molecule has 1 aromatic carbocycles. The summed E-state index contributed by atoms with van der Waals surface area (Å²) in [5.41, 5.74) is 7.07. The molecule has 1 aliphatic rings. The molecule has 2 unspecified atom stereocenters. The molecule has 0 saturated carbocycles. The lowest BCUT2D eigenvalue weighted by atomic mass is 10.1. The van der Waals surface area contributed by atoms with Crippen LogP contribution in [-0.2, 0) is 0 Å². The third-order valence-electron chi connectivity index (χ3n) is 3.86. The maximum atomic E-state index is 5.76. The standard InChI is InChI=1S/C15H24BrN3/c1-12-9-18(2)15(6-7-17)11-19(10-12)14-5-3-4-13(16)8-14/h3-5,8,12,15H,6-7,9-11,17H2,1-2H3. The van der Waals surface area contributed by atoms with Crippen LogP contribution in [0.25, 0.3) is 0 Å². The Balaban J connectivity index is 2.18. The second kappa shape index (κ2) is 6.73. The fraction of sp³-hybridized carbons (Fsp3) is 0.600. The third-order valence-corrected chi connectivity index (χ3v) is 4.35. The summed E-state index contributed by atoms with van der Waals surface area (Å²) < 4.78 is 1.14. The molecule has 2 atom stereocenters. The van der Waals surface area contributed by atoms with E-state index in [1.54, 1.807) is 0 Å². The lowest BCUT2D eigenvalue weighted by molar-refractivity contribution is 0.231. The Kier molecular flexibility index (Phi) is 5.25. The molecular formula is C15H24BrN3. The summed E-state index contributed by atoms with van der Waals surface area (Å²) >= 11 is 3.56. The van der Waals surface area contributed by atoms with Gasteiger partial charge in [0.2, 0.25) is 0 Å². The normalized spacial score (nSPS) is 25.4. The molecule has 2 rings (SSSR count). The van der Waals surface area contributed by atoms with Gasteiger partial charge >= 0.3 is 0 Å². The maximum Gasteiger partial charge on any atom is 0.0378 e. The number of halogens is 1. The van der Waals surface area contributed by atoms with Crippen molar-refractivity contribution in [2.24, 2.45) is 11.7 Å². The van der Waals surface area contributed by atoms with Gasteiger partial charge in [-0.2, -0.15) is 0 Å². The first kappa shape index (κ1) is 14.8. The average Bonchev–Trinajstić information content (AvgIpc) is 2.49. The van der Waals surface area contributed by atoms with Crippen molar-refractivity contribution in [3.8, 4) is 0 Å². The van der Waals surface area contributed by atoms with Crippen LogP contribution in [0.15, 0.2) is 28.7 Å². The smallest absolute Gasteiger partial charge is 0.0378 e. The molecule has 0 amide bonds. The fourth-order valence-electron chi connectivity index (χ4n) is 2.93. The zero-order valence-corrected chi connectivity index (χ0v) is 13.4. The van der Waals surface area contributed by atoms with Crippen LogP contribution in [0.3, 0.4) is 0 Å². The Morgan fingerprint density at radius 2 is 2.11 bits per heavy atom. The predicted octanol–water partition coefficient (Wildman–Crippen LogP) is 2.55. The molecule has 2 N–H and O–H groups in total. The number of nitrogens with zero attached hydrogens (tertiary/aromatic N) is 2. The van der Waals surface area contributed by atoms with Gasteiger partial charge in [0.25, 0.3) is 0 Å². The summed E-state index contributed by atoms with van der Waals surface area (Å²) in [6, 6.07) is 9.14. The Morgan fingerprint density at radius 3 is 2.79 bits per heavy atom. The first-order valence-electron chi connectivity index (χ1n) is 7.01. The summed E-state index contributed by atoms with van der Waals surface area (Å²) in [5, 5.41) is 0. The van der Waals surface area contributed by atoms with Crippen LogP contribution in [0.5, 0.6) is 0 Å². The van der Waals surface area contributed by atoms with Crippen molar-refractivity contribution in [1.29, 1.82) is 0 Å². The molecule has 1 aliphatic heterocycles. The van der Waals surface area contributed by atoms with Gasteiger partial charge in [0, 0.05) is 35.8 Å². The molecule has 0 spiro atoms. The van der Waals surface area contributed by atoms with E-state index in [0.29, 0.717) is 12.0 Å². The largest absolute Gasteiger partial charge is 0.370 e. The van der Waals surface area contributed by atoms with Gasteiger partial charge < -0.3 is 15.5 Å². The molecule has 0 aromatic heterocycles. The van der Waals surface area contributed by atoms with Crippen molar-refractivity contribution in [2.75, 3.05) is 38.1 Å². The molecule has 1 heterocycles. The van der Waals surface area contributed by atoms with Crippen molar-refractivity contribution >= 4 is 21.6 Å². The Labute approximate surface area is 124 Å². The van der Waals surface area contributed by atoms with E-state index in [1.165, 1.54) is 5.69 Å². The van der Waals surface area contributed by atoms with E-state index in [2.05, 4.69) is 64.0 Å². The molecule has 1 fully saturated rings. The summed E-state index contributed by atoms with van der Waals surface area (Å²) in [4.78, 5) is 4.97. The monoisotopic (exact) mass is 325 g/mol. The van der Waals surface area contributed by atoms with Crippen molar-refractivity contribution in [2.45, 2.75) is 19.4 Å². The average molecular weight is 326 g/mol. The molecule has 1 saturated heterocycles. The number of rotatable bonds is 3. The molecule has 3 nitrogen and oxygen atoms in total. The molecular weight excluding hydrogens is 302 g/mol. The molecule has 0 bridgehead atoms. The lowest BCUT2D eigenvalue weighted by Gasteiger charge is -2.30. The number of likely N-dealkylation sites (N-methyl/N-ethyl adjacent to an activating group) is 1. The SMILES string of the molecule is CC1CN(c2cccc(Br)c2)CC(CCN)N(C)C1. The molecule has 106 valence electrons. The van der Waals surface area contributed by atoms with Gasteiger partial charge in [0.15, 0.2) is 0 Å². The highest BCUT2D eigenvalue weighted by Crippen LogP contribution is 2.24. The van der Waals surface area contributed by atoms with Crippen LogP contribution in [0, 0.1) is 5.92 Å². The minimum atomic E-state index is 0.550. The molecule has 19 heavy (non-hydrogen) atoms. The number of benzene rings is 1. The summed E-state index contributed by atoms with van der Waals surface area (Å²) in [5.74, 6) is 0.673. The van der Waals surface area contributed by atoms with Gasteiger partial charge in [-0.25, -0.2) is 0 Å². The number of hydrogen-bond acceptors (Lipinski definition) is 3. The van der Waals surface area contributed by atoms with Gasteiger partial charge in [-0.3, -0.25) is 0 Å². The lowest BCUT2D eigenvalue weighted by Crippen LogP contribution is -2.40. The van der Waals surface area contributed by atoms with Crippen LogP contribution in [0.1, 0.15) is 13.3 Å². The van der Waals surface area contributed by atoms with E-state index in [9.17, 15) is 0 Å². The van der Waals surface area contributed by atoms with Crippen LogP contribution in [0.2, 0.25) is 0 Å². The van der Waals surface area contributed by atoms with E-state index in [4.69, 9.17) is 5.73 Å². The van der Waals surface area contributed by atoms with E-state index in [-0.39, 0.29) is 0 Å². The van der Waals surface area contributed by atoms with Gasteiger partial charge in [0.1, 0.15) is 0 Å². The molecule has 4 heteroatoms. The van der Waals surface area contributed by atoms with E-state index in [1.807, 2.05) is 0 Å². The quantitative estimate of drug-likeness (QED) is 0.927. The van der Waals surface area contributed by atoms with Gasteiger partial charge in [-0.15, -0.1) is 0 Å². The summed E-state index contributed by atoms with van der Waals surface area (Å²) in [7, 11) is 2.22. The van der Waals surface area contributed by atoms with E-state index < -0.39 is 0 Å². The van der Waals surface area contributed by atoms with Crippen LogP contribution >= 0.6 is 15.9 Å². The zero-order valence-electron chi connectivity index (χ0n) is 11.8. The third kappa shape index (κ3) is 3.94. The molecule has 0 radical (unpaired) electrons. The van der Waals surface area contributed by atoms with Gasteiger partial charge in [-0.05, 0) is 44.1 Å². The van der Waals surface area contributed by atoms with Crippen LogP contribution in [0.4, 0.5) is 5.69 Å². The van der Waals surface area contributed by atoms with E-state index in [0.717, 1.165) is 37.1 Å². The fourth-order valence-corrected chi connectivity index (χ4v) is 3.32. The number of nitrogens with two attached hydrogens (primary N) is 1. The Bertz CT molecular complexity index is 410. The first-order chi connectivity index (χ1) is 9.10. The topological polar surface area (TPSA) is 32.5 Å². The highest BCUT2D eigenvalue weighted by atomic mass is 79.9. The van der Waals surface area contributed by atoms with Crippen molar-refractivity contribution in [3.05, 3.63) is 28.7 Å². The zero-order chi connectivity index (χ0) is 13.8. The number of hydrogen-bond donors (Lipinski definition) is 1. The second-order valence-electron chi connectivity index (χ2n) is 5.66.